The minimum atomic E-state index is 0.339. The number of halogens is 2. The van der Waals surface area contributed by atoms with Gasteiger partial charge in [-0.2, -0.15) is 0 Å². The van der Waals surface area contributed by atoms with Crippen molar-refractivity contribution in [3.8, 4) is 0 Å². The van der Waals surface area contributed by atoms with Gasteiger partial charge >= 0.3 is 0 Å². The number of hydrogen-bond acceptors (Lipinski definition) is 1. The molecular formula is C12H17Cl2N. The normalized spacial score (nSPS) is 11.5. The van der Waals surface area contributed by atoms with Crippen molar-refractivity contribution in [1.29, 1.82) is 0 Å². The Hall–Kier alpha value is -0.400. The molecule has 0 aromatic heterocycles. The van der Waals surface area contributed by atoms with E-state index in [9.17, 15) is 0 Å². The first-order chi connectivity index (χ1) is 6.88. The van der Waals surface area contributed by atoms with E-state index in [0.717, 1.165) is 18.7 Å². The largest absolute Gasteiger partial charge is 0.384 e. The number of hydrogen-bond donors (Lipinski definition) is 1. The summed E-state index contributed by atoms with van der Waals surface area (Å²) in [4.78, 5) is 0. The zero-order valence-corrected chi connectivity index (χ0v) is 10.9. The lowest BCUT2D eigenvalue weighted by molar-refractivity contribution is 0.390. The molecule has 0 saturated heterocycles. The highest BCUT2D eigenvalue weighted by molar-refractivity contribution is 6.36. The summed E-state index contributed by atoms with van der Waals surface area (Å²) < 4.78 is 0. The second kappa shape index (κ2) is 5.09. The van der Waals surface area contributed by atoms with Gasteiger partial charge in [0.2, 0.25) is 0 Å². The van der Waals surface area contributed by atoms with E-state index >= 15 is 0 Å². The molecule has 1 nitrogen and oxygen atoms in total. The molecule has 0 radical (unpaired) electrons. The lowest BCUT2D eigenvalue weighted by Crippen LogP contribution is -2.12. The van der Waals surface area contributed by atoms with Gasteiger partial charge in [0, 0.05) is 11.6 Å². The number of benzene rings is 1. The van der Waals surface area contributed by atoms with Crippen LogP contribution in [-0.2, 0) is 0 Å². The van der Waals surface area contributed by atoms with Gasteiger partial charge in [-0.3, -0.25) is 0 Å². The molecule has 1 aromatic carbocycles. The van der Waals surface area contributed by atoms with Crippen LogP contribution in [0, 0.1) is 5.41 Å². The molecule has 0 fully saturated rings. The van der Waals surface area contributed by atoms with Crippen LogP contribution in [0.1, 0.15) is 27.2 Å². The smallest absolute Gasteiger partial charge is 0.0652 e. The summed E-state index contributed by atoms with van der Waals surface area (Å²) in [6, 6.07) is 5.50. The maximum atomic E-state index is 6.03. The monoisotopic (exact) mass is 245 g/mol. The summed E-state index contributed by atoms with van der Waals surface area (Å²) in [5.74, 6) is 0. The molecule has 1 aromatic rings. The fourth-order valence-corrected chi connectivity index (χ4v) is 1.68. The van der Waals surface area contributed by atoms with Gasteiger partial charge in [-0.15, -0.1) is 0 Å². The predicted molar refractivity (Wildman–Crippen MR) is 69.0 cm³/mol. The molecule has 0 spiro atoms. The van der Waals surface area contributed by atoms with Crippen molar-refractivity contribution in [2.45, 2.75) is 27.2 Å². The van der Waals surface area contributed by atoms with Crippen molar-refractivity contribution in [3.63, 3.8) is 0 Å². The topological polar surface area (TPSA) is 12.0 Å². The Bertz CT molecular complexity index is 329. The van der Waals surface area contributed by atoms with Crippen LogP contribution in [0.4, 0.5) is 5.69 Å². The van der Waals surface area contributed by atoms with E-state index in [0.29, 0.717) is 15.5 Å². The van der Waals surface area contributed by atoms with Crippen LogP contribution in [0.3, 0.4) is 0 Å². The summed E-state index contributed by atoms with van der Waals surface area (Å²) >= 11 is 11.8. The molecule has 15 heavy (non-hydrogen) atoms. The fraction of sp³-hybridized carbons (Fsp3) is 0.500. The zero-order chi connectivity index (χ0) is 11.5. The van der Waals surface area contributed by atoms with Gasteiger partial charge in [-0.1, -0.05) is 44.0 Å². The number of anilines is 1. The van der Waals surface area contributed by atoms with Crippen LogP contribution in [-0.4, -0.2) is 6.54 Å². The third-order valence-electron chi connectivity index (χ3n) is 2.12. The summed E-state index contributed by atoms with van der Waals surface area (Å²) in [6.45, 7) is 7.58. The Balaban J connectivity index is 2.51. The Labute approximate surface area is 102 Å². The molecule has 3 heteroatoms. The van der Waals surface area contributed by atoms with Gasteiger partial charge in [0.05, 0.1) is 10.7 Å². The van der Waals surface area contributed by atoms with Crippen LogP contribution >= 0.6 is 23.2 Å². The molecule has 0 atom stereocenters. The van der Waals surface area contributed by atoms with Crippen molar-refractivity contribution < 1.29 is 0 Å². The summed E-state index contributed by atoms with van der Waals surface area (Å²) in [6.07, 6.45) is 1.10. The Morgan fingerprint density at radius 1 is 1.20 bits per heavy atom. The molecule has 1 N–H and O–H groups in total. The average Bonchev–Trinajstić information content (AvgIpc) is 2.07. The third kappa shape index (κ3) is 4.76. The highest BCUT2D eigenvalue weighted by Crippen LogP contribution is 2.26. The van der Waals surface area contributed by atoms with Crippen LogP contribution in [0.2, 0.25) is 10.0 Å². The van der Waals surface area contributed by atoms with Gasteiger partial charge in [0.25, 0.3) is 0 Å². The number of nitrogens with one attached hydrogen (secondary N) is 1. The van der Waals surface area contributed by atoms with Crippen LogP contribution < -0.4 is 5.32 Å². The molecule has 0 heterocycles. The van der Waals surface area contributed by atoms with Crippen LogP contribution in [0.15, 0.2) is 18.2 Å². The van der Waals surface area contributed by atoms with Gasteiger partial charge in [-0.05, 0) is 30.0 Å². The van der Waals surface area contributed by atoms with E-state index < -0.39 is 0 Å². The summed E-state index contributed by atoms with van der Waals surface area (Å²) in [5, 5.41) is 4.65. The maximum Gasteiger partial charge on any atom is 0.0652 e. The van der Waals surface area contributed by atoms with E-state index in [-0.39, 0.29) is 0 Å². The molecule has 1 rings (SSSR count). The Morgan fingerprint density at radius 3 is 2.40 bits per heavy atom. The van der Waals surface area contributed by atoms with Gasteiger partial charge in [-0.25, -0.2) is 0 Å². The predicted octanol–water partition coefficient (Wildman–Crippen LogP) is 4.84. The SMILES string of the molecule is CC(C)(C)CCNc1ccc(Cl)cc1Cl. The molecule has 0 saturated carbocycles. The highest BCUT2D eigenvalue weighted by atomic mass is 35.5. The minimum Gasteiger partial charge on any atom is -0.384 e. The summed E-state index contributed by atoms with van der Waals surface area (Å²) in [7, 11) is 0. The average molecular weight is 246 g/mol. The minimum absolute atomic E-state index is 0.339. The van der Waals surface area contributed by atoms with Gasteiger partial charge < -0.3 is 5.32 Å². The molecule has 84 valence electrons. The van der Waals surface area contributed by atoms with E-state index in [1.807, 2.05) is 12.1 Å². The van der Waals surface area contributed by atoms with E-state index in [1.54, 1.807) is 6.07 Å². The lowest BCUT2D eigenvalue weighted by Gasteiger charge is -2.18. The molecular weight excluding hydrogens is 229 g/mol. The third-order valence-corrected chi connectivity index (χ3v) is 2.67. The standard InChI is InChI=1S/C12H17Cl2N/c1-12(2,3)6-7-15-11-5-4-9(13)8-10(11)14/h4-5,8,15H,6-7H2,1-3H3. The van der Waals surface area contributed by atoms with Crippen LogP contribution in [0.5, 0.6) is 0 Å². The van der Waals surface area contributed by atoms with Crippen LogP contribution in [0.25, 0.3) is 0 Å². The first kappa shape index (κ1) is 12.7. The van der Waals surface area contributed by atoms with Crippen molar-refractivity contribution in [2.75, 3.05) is 11.9 Å². The van der Waals surface area contributed by atoms with Gasteiger partial charge in [0.1, 0.15) is 0 Å². The molecule has 0 aliphatic carbocycles. The first-order valence-corrected chi connectivity index (χ1v) is 5.83. The number of rotatable bonds is 3. The first-order valence-electron chi connectivity index (χ1n) is 5.07. The highest BCUT2D eigenvalue weighted by Gasteiger charge is 2.09. The molecule has 0 aliphatic heterocycles. The van der Waals surface area contributed by atoms with Crippen molar-refractivity contribution in [1.82, 2.24) is 0 Å². The zero-order valence-electron chi connectivity index (χ0n) is 9.40. The van der Waals surface area contributed by atoms with Crippen molar-refractivity contribution in [3.05, 3.63) is 28.2 Å². The molecule has 0 amide bonds. The molecule has 0 bridgehead atoms. The van der Waals surface area contributed by atoms with Gasteiger partial charge in [0.15, 0.2) is 0 Å². The Morgan fingerprint density at radius 2 is 1.87 bits per heavy atom. The van der Waals surface area contributed by atoms with E-state index in [4.69, 9.17) is 23.2 Å². The van der Waals surface area contributed by atoms with Crippen molar-refractivity contribution >= 4 is 28.9 Å². The second-order valence-electron chi connectivity index (χ2n) is 4.86. The van der Waals surface area contributed by atoms with Crippen molar-refractivity contribution in [2.24, 2.45) is 5.41 Å². The van der Waals surface area contributed by atoms with E-state index in [1.165, 1.54) is 0 Å². The molecule has 0 aliphatic rings. The fourth-order valence-electron chi connectivity index (χ4n) is 1.21. The maximum absolute atomic E-state index is 6.03. The Kier molecular flexibility index (Phi) is 4.30. The second-order valence-corrected chi connectivity index (χ2v) is 5.71. The summed E-state index contributed by atoms with van der Waals surface area (Å²) in [5.41, 5.74) is 1.29. The molecule has 0 unspecified atom stereocenters. The lowest BCUT2D eigenvalue weighted by atomic mass is 9.92. The quantitative estimate of drug-likeness (QED) is 0.804. The van der Waals surface area contributed by atoms with E-state index in [2.05, 4.69) is 26.1 Å².